The summed E-state index contributed by atoms with van der Waals surface area (Å²) < 4.78 is 136. The van der Waals surface area contributed by atoms with Gasteiger partial charge in [-0.15, -0.1) is 0 Å². The maximum atomic E-state index is 13.5. The summed E-state index contributed by atoms with van der Waals surface area (Å²) in [4.78, 5) is 11.1. The highest BCUT2D eigenvalue weighted by Gasteiger charge is 2.73. The lowest BCUT2D eigenvalue weighted by molar-refractivity contribution is -0.392. The summed E-state index contributed by atoms with van der Waals surface area (Å²) in [5, 5.41) is 8.36. The Morgan fingerprint density at radius 3 is 1.80 bits per heavy atom. The zero-order chi connectivity index (χ0) is 29.9. The van der Waals surface area contributed by atoms with Gasteiger partial charge in [0, 0.05) is 16.0 Å². The minimum atomic E-state index is -5.92. The first-order valence-corrected chi connectivity index (χ1v) is 12.5. The zero-order valence-electron chi connectivity index (χ0n) is 20.0. The molecule has 1 saturated carbocycles. The number of alkyl halides is 6. The maximum Gasteiger partial charge on any atom is 0.430 e. The molecule has 1 aliphatic rings. The topological polar surface area (TPSA) is 63.6 Å². The Hall–Kier alpha value is -3.39. The fraction of sp³-hybridized carbons (Fsp3) is 0.269. The van der Waals surface area contributed by atoms with E-state index in [2.05, 4.69) is 4.74 Å². The average Bonchev–Trinajstić information content (AvgIpc) is 3.67. The van der Waals surface area contributed by atoms with E-state index in [-0.39, 0.29) is 11.1 Å². The molecule has 0 spiro atoms. The van der Waals surface area contributed by atoms with Crippen molar-refractivity contribution in [1.29, 1.82) is 0 Å². The fourth-order valence-corrected chi connectivity index (χ4v) is 5.22. The van der Waals surface area contributed by atoms with Crippen LogP contribution in [-0.4, -0.2) is 32.9 Å². The highest BCUT2D eigenvalue weighted by Crippen LogP contribution is 2.53. The molecule has 14 heteroatoms. The largest absolute Gasteiger partial charge is 0.481 e. The molecule has 0 radical (unpaired) electrons. The van der Waals surface area contributed by atoms with Crippen molar-refractivity contribution in [2.75, 3.05) is 0 Å². The highest BCUT2D eigenvalue weighted by molar-refractivity contribution is 7.86. The molecule has 0 amide bonds. The molecule has 3 aromatic rings. The van der Waals surface area contributed by atoms with Gasteiger partial charge in [0.1, 0.15) is 17.5 Å². The van der Waals surface area contributed by atoms with Crippen LogP contribution in [0.15, 0.2) is 77.7 Å². The molecule has 0 aromatic heterocycles. The van der Waals surface area contributed by atoms with Crippen molar-refractivity contribution in [3.8, 4) is 0 Å². The molecule has 1 aliphatic carbocycles. The number of benzene rings is 3. The maximum absolute atomic E-state index is 13.5. The highest BCUT2D eigenvalue weighted by atomic mass is 32.2. The molecule has 40 heavy (non-hydrogen) atoms. The third-order valence-corrected chi connectivity index (χ3v) is 7.65. The molecule has 3 atom stereocenters. The van der Waals surface area contributed by atoms with Gasteiger partial charge in [0.05, 0.1) is 28.6 Å². The van der Waals surface area contributed by atoms with Crippen LogP contribution in [0.1, 0.15) is 17.5 Å². The van der Waals surface area contributed by atoms with E-state index in [1.165, 1.54) is 30.3 Å². The summed E-state index contributed by atoms with van der Waals surface area (Å²) in [6.07, 6.45) is -11.4. The van der Waals surface area contributed by atoms with E-state index in [1.54, 1.807) is 0 Å². The van der Waals surface area contributed by atoms with Gasteiger partial charge in [0.25, 0.3) is 5.60 Å². The van der Waals surface area contributed by atoms with Crippen molar-refractivity contribution < 1.29 is 58.4 Å². The first-order valence-electron chi connectivity index (χ1n) is 11.2. The molecule has 2 unspecified atom stereocenters. The van der Waals surface area contributed by atoms with Crippen molar-refractivity contribution in [1.82, 2.24) is 0 Å². The zero-order valence-corrected chi connectivity index (χ0v) is 20.8. The number of carboxylic acid groups (broad SMARTS) is 1. The van der Waals surface area contributed by atoms with Crippen molar-refractivity contribution in [2.45, 2.75) is 41.1 Å². The number of rotatable bonds is 7. The first-order chi connectivity index (χ1) is 18.6. The van der Waals surface area contributed by atoms with Crippen molar-refractivity contribution >= 4 is 16.8 Å². The summed E-state index contributed by atoms with van der Waals surface area (Å²) >= 11 is 0. The van der Waals surface area contributed by atoms with Gasteiger partial charge >= 0.3 is 18.3 Å². The fourth-order valence-electron chi connectivity index (χ4n) is 3.67. The van der Waals surface area contributed by atoms with E-state index >= 15 is 0 Å². The average molecular weight is 598 g/mol. The predicted octanol–water partition coefficient (Wildman–Crippen LogP) is 6.91. The van der Waals surface area contributed by atoms with E-state index in [0.29, 0.717) is 35.6 Å². The number of hydrogen-bond acceptors (Lipinski definition) is 3. The number of carboxylic acids is 1. The van der Waals surface area contributed by atoms with Crippen LogP contribution in [0.3, 0.4) is 0 Å². The quantitative estimate of drug-likeness (QED) is 0.301. The van der Waals surface area contributed by atoms with Crippen LogP contribution in [0.5, 0.6) is 0 Å². The molecule has 1 fully saturated rings. The Balaban J connectivity index is 0.000000249. The van der Waals surface area contributed by atoms with Crippen LogP contribution in [0.25, 0.3) is 0 Å². The monoisotopic (exact) mass is 598 g/mol. The number of carbonyl (C=O) groups is 1. The Morgan fingerprint density at radius 2 is 1.35 bits per heavy atom. The van der Waals surface area contributed by atoms with Gasteiger partial charge in [-0.05, 0) is 42.8 Å². The minimum absolute atomic E-state index is 0.312. The molecule has 1 N–H and O–H groups in total. The summed E-state index contributed by atoms with van der Waals surface area (Å²) in [7, 11) is -1.33. The second-order valence-electron chi connectivity index (χ2n) is 8.50. The second kappa shape index (κ2) is 12.0. The molecule has 0 aliphatic heterocycles. The van der Waals surface area contributed by atoms with E-state index in [1.807, 2.05) is 0 Å². The van der Waals surface area contributed by atoms with Gasteiger partial charge in [-0.2, -0.15) is 26.3 Å². The number of ether oxygens (including phenoxy) is 1. The molecule has 0 saturated heterocycles. The molecule has 3 aromatic carbocycles. The molecule has 216 valence electrons. The Kier molecular flexibility index (Phi) is 9.35. The summed E-state index contributed by atoms with van der Waals surface area (Å²) in [5.41, 5.74) is -7.00. The molecular formula is C26H19F9O4S. The minimum Gasteiger partial charge on any atom is -0.481 e. The van der Waals surface area contributed by atoms with Gasteiger partial charge in [0.2, 0.25) is 0 Å². The Bertz CT molecular complexity index is 1310. The normalized spacial score (nSPS) is 17.9. The Labute approximate surface area is 223 Å². The Morgan fingerprint density at radius 1 is 0.825 bits per heavy atom. The van der Waals surface area contributed by atoms with Crippen LogP contribution in [-0.2, 0) is 32.5 Å². The number of halogens is 9. The van der Waals surface area contributed by atoms with Crippen LogP contribution in [0.4, 0.5) is 39.5 Å². The summed E-state index contributed by atoms with van der Waals surface area (Å²) in [6.45, 7) is -1.56. The SMILES string of the molecule is Fc1cccc(F)c1COC(c1ccccc1)(C(F)(F)F)C(F)(F)F.O=C(O)[C@H]1CC1S(=O)c1ccc(F)cc1. The smallest absolute Gasteiger partial charge is 0.430 e. The number of hydrogen-bond donors (Lipinski definition) is 1. The second-order valence-corrected chi connectivity index (χ2v) is 10.2. The van der Waals surface area contributed by atoms with Gasteiger partial charge in [-0.3, -0.25) is 9.00 Å². The molecule has 0 heterocycles. The lowest BCUT2D eigenvalue weighted by Gasteiger charge is -2.37. The predicted molar refractivity (Wildman–Crippen MR) is 124 cm³/mol. The van der Waals surface area contributed by atoms with Gasteiger partial charge < -0.3 is 9.84 Å². The lowest BCUT2D eigenvalue weighted by atomic mass is 9.91. The summed E-state index contributed by atoms with van der Waals surface area (Å²) in [6, 6.07) is 12.0. The van der Waals surface area contributed by atoms with Crippen LogP contribution in [0, 0.1) is 23.4 Å². The van der Waals surface area contributed by atoms with E-state index in [9.17, 15) is 48.5 Å². The summed E-state index contributed by atoms with van der Waals surface area (Å²) in [5.74, 6) is -4.43. The van der Waals surface area contributed by atoms with Gasteiger partial charge in [-0.25, -0.2) is 13.2 Å². The van der Waals surface area contributed by atoms with Crippen LogP contribution < -0.4 is 0 Å². The van der Waals surface area contributed by atoms with Gasteiger partial charge in [0.15, 0.2) is 0 Å². The third kappa shape index (κ3) is 6.66. The van der Waals surface area contributed by atoms with Crippen molar-refractivity contribution in [3.05, 3.63) is 101 Å². The van der Waals surface area contributed by atoms with E-state index in [4.69, 9.17) is 5.11 Å². The van der Waals surface area contributed by atoms with Crippen molar-refractivity contribution in [2.24, 2.45) is 5.92 Å². The van der Waals surface area contributed by atoms with Crippen LogP contribution in [0.2, 0.25) is 0 Å². The van der Waals surface area contributed by atoms with Crippen molar-refractivity contribution in [3.63, 3.8) is 0 Å². The molecule has 4 rings (SSSR count). The van der Waals surface area contributed by atoms with Gasteiger partial charge in [-0.1, -0.05) is 36.4 Å². The molecular weight excluding hydrogens is 579 g/mol. The van der Waals surface area contributed by atoms with E-state index < -0.39 is 70.0 Å². The molecule has 4 nitrogen and oxygen atoms in total. The lowest BCUT2D eigenvalue weighted by Crippen LogP contribution is -2.55. The van der Waals surface area contributed by atoms with Crippen LogP contribution >= 0.6 is 0 Å². The van der Waals surface area contributed by atoms with E-state index in [0.717, 1.165) is 18.2 Å². The molecule has 0 bridgehead atoms. The first kappa shape index (κ1) is 31.1. The number of aliphatic carboxylic acids is 1. The third-order valence-electron chi connectivity index (χ3n) is 5.84. The standard InChI is InChI=1S/C16H10F8O.C10H9FO3S/c17-12-7-4-8-13(18)11(12)9-25-14(15(19,20)21,16(22,23)24)10-5-2-1-3-6-10;11-6-1-3-7(4-2-6)15(14)9-5-8(9)10(12)13/h1-8H,9H2;1-4,8-9H,5H2,(H,12,13)/t;8-,9?,15?/m.0/s1.